The van der Waals surface area contributed by atoms with Crippen LogP contribution in [0.15, 0.2) is 0 Å². The van der Waals surface area contributed by atoms with Crippen LogP contribution in [-0.2, 0) is 4.57 Å². The molecular weight excluding hydrogens is 249 g/mol. The zero-order valence-corrected chi connectivity index (χ0v) is 13.2. The summed E-state index contributed by atoms with van der Waals surface area (Å²) in [7, 11) is -2.61. The zero-order valence-electron chi connectivity index (χ0n) is 12.4. The summed E-state index contributed by atoms with van der Waals surface area (Å²) in [5.74, 6) is 0. The molecule has 0 saturated heterocycles. The van der Waals surface area contributed by atoms with Crippen molar-refractivity contribution in [1.82, 2.24) is 4.67 Å². The van der Waals surface area contributed by atoms with E-state index in [1.54, 1.807) is 0 Å². The highest BCUT2D eigenvalue weighted by atomic mass is 31.2. The molecular formula is C13H30NO3P. The van der Waals surface area contributed by atoms with E-state index in [-0.39, 0.29) is 0 Å². The highest BCUT2D eigenvalue weighted by Crippen LogP contribution is 2.45. The Kier molecular flexibility index (Phi) is 8.37. The first-order chi connectivity index (χ1) is 8.22. The van der Waals surface area contributed by atoms with Gasteiger partial charge in [-0.15, -0.1) is 0 Å². The zero-order chi connectivity index (χ0) is 14.2. The van der Waals surface area contributed by atoms with Crippen LogP contribution in [0.1, 0.15) is 72.1 Å². The molecule has 0 aromatic heterocycles. The molecule has 0 aliphatic heterocycles. The van der Waals surface area contributed by atoms with Crippen molar-refractivity contribution in [3.8, 4) is 0 Å². The standard InChI is InChI=1S/C13H30NO3P/c1-5-6-7-8-9-10-11-12-13(2,3)14(4)18(15,16)17/h5-12H2,1-4H3,(H2,15,16,17). The first kappa shape index (κ1) is 18.1. The smallest absolute Gasteiger partial charge is 0.312 e. The lowest BCUT2D eigenvalue weighted by molar-refractivity contribution is 0.182. The Hall–Kier alpha value is 0.110. The summed E-state index contributed by atoms with van der Waals surface area (Å²) in [6.07, 6.45) is 9.40. The number of hydrogen-bond acceptors (Lipinski definition) is 1. The van der Waals surface area contributed by atoms with Crippen LogP contribution in [0.3, 0.4) is 0 Å². The molecule has 0 spiro atoms. The Labute approximate surface area is 112 Å². The molecule has 18 heavy (non-hydrogen) atoms. The number of unbranched alkanes of at least 4 members (excludes halogenated alkanes) is 6. The SMILES string of the molecule is CCCCCCCCCC(C)(C)N(C)P(=O)(O)O. The van der Waals surface area contributed by atoms with Crippen LogP contribution in [0.4, 0.5) is 0 Å². The fourth-order valence-electron chi connectivity index (χ4n) is 2.03. The van der Waals surface area contributed by atoms with Gasteiger partial charge in [0.25, 0.3) is 0 Å². The molecule has 0 amide bonds. The molecule has 0 rings (SSSR count). The van der Waals surface area contributed by atoms with Crippen molar-refractivity contribution in [2.75, 3.05) is 7.05 Å². The van der Waals surface area contributed by atoms with E-state index in [0.29, 0.717) is 0 Å². The van der Waals surface area contributed by atoms with E-state index in [2.05, 4.69) is 6.92 Å². The third-order valence-corrected chi connectivity index (χ3v) is 4.98. The van der Waals surface area contributed by atoms with Crippen molar-refractivity contribution in [2.24, 2.45) is 0 Å². The molecule has 0 aliphatic rings. The van der Waals surface area contributed by atoms with Crippen molar-refractivity contribution >= 4 is 7.75 Å². The fourth-order valence-corrected chi connectivity index (χ4v) is 2.83. The van der Waals surface area contributed by atoms with Gasteiger partial charge < -0.3 is 9.79 Å². The molecule has 0 atom stereocenters. The minimum absolute atomic E-state index is 0.442. The Bertz CT molecular complexity index is 263. The molecule has 0 unspecified atom stereocenters. The first-order valence-electron chi connectivity index (χ1n) is 7.01. The van der Waals surface area contributed by atoms with E-state index in [4.69, 9.17) is 9.79 Å². The van der Waals surface area contributed by atoms with Crippen LogP contribution in [0.5, 0.6) is 0 Å². The molecule has 0 heterocycles. The molecule has 0 aromatic carbocycles. The summed E-state index contributed by atoms with van der Waals surface area (Å²) in [4.78, 5) is 18.3. The molecule has 110 valence electrons. The van der Waals surface area contributed by atoms with Gasteiger partial charge in [-0.05, 0) is 27.3 Å². The van der Waals surface area contributed by atoms with Crippen LogP contribution in [-0.4, -0.2) is 27.0 Å². The van der Waals surface area contributed by atoms with Gasteiger partial charge in [-0.1, -0.05) is 51.9 Å². The van der Waals surface area contributed by atoms with Gasteiger partial charge in [0, 0.05) is 5.54 Å². The van der Waals surface area contributed by atoms with Gasteiger partial charge in [-0.25, -0.2) is 9.24 Å². The Morgan fingerprint density at radius 2 is 1.44 bits per heavy atom. The lowest BCUT2D eigenvalue weighted by Gasteiger charge is -2.35. The lowest BCUT2D eigenvalue weighted by atomic mass is 9.96. The average Bonchev–Trinajstić information content (AvgIpc) is 2.25. The topological polar surface area (TPSA) is 60.8 Å². The number of rotatable bonds is 10. The monoisotopic (exact) mass is 279 g/mol. The van der Waals surface area contributed by atoms with Gasteiger partial charge in [0.1, 0.15) is 0 Å². The number of hydrogen-bond donors (Lipinski definition) is 2. The summed E-state index contributed by atoms with van der Waals surface area (Å²) in [6.45, 7) is 5.99. The van der Waals surface area contributed by atoms with Crippen LogP contribution in [0.2, 0.25) is 0 Å². The van der Waals surface area contributed by atoms with Crippen molar-refractivity contribution in [2.45, 2.75) is 77.7 Å². The van der Waals surface area contributed by atoms with Crippen molar-refractivity contribution in [3.05, 3.63) is 0 Å². The van der Waals surface area contributed by atoms with E-state index < -0.39 is 13.3 Å². The van der Waals surface area contributed by atoms with Crippen LogP contribution in [0.25, 0.3) is 0 Å². The maximum absolute atomic E-state index is 11.2. The molecule has 4 nitrogen and oxygen atoms in total. The average molecular weight is 279 g/mol. The second-order valence-electron chi connectivity index (χ2n) is 5.72. The summed E-state index contributed by atoms with van der Waals surface area (Å²) in [5, 5.41) is 0. The lowest BCUT2D eigenvalue weighted by Crippen LogP contribution is -2.38. The van der Waals surface area contributed by atoms with Crippen molar-refractivity contribution < 1.29 is 14.4 Å². The molecule has 0 radical (unpaired) electrons. The van der Waals surface area contributed by atoms with Gasteiger partial charge in [0.05, 0.1) is 0 Å². The largest absolute Gasteiger partial charge is 0.403 e. The van der Waals surface area contributed by atoms with Crippen LogP contribution < -0.4 is 0 Å². The van der Waals surface area contributed by atoms with E-state index in [0.717, 1.165) is 19.3 Å². The van der Waals surface area contributed by atoms with Gasteiger partial charge >= 0.3 is 7.75 Å². The predicted octanol–water partition coefficient (Wildman–Crippen LogP) is 3.93. The van der Waals surface area contributed by atoms with Crippen LogP contribution >= 0.6 is 7.75 Å². The summed E-state index contributed by atoms with van der Waals surface area (Å²) in [6, 6.07) is 0. The van der Waals surface area contributed by atoms with Crippen molar-refractivity contribution in [3.63, 3.8) is 0 Å². The van der Waals surface area contributed by atoms with Gasteiger partial charge in [-0.3, -0.25) is 0 Å². The third-order valence-electron chi connectivity index (χ3n) is 3.66. The molecule has 0 fully saturated rings. The maximum atomic E-state index is 11.2. The van der Waals surface area contributed by atoms with Gasteiger partial charge in [0.15, 0.2) is 0 Å². The quantitative estimate of drug-likeness (QED) is 0.470. The molecule has 0 bridgehead atoms. The van der Waals surface area contributed by atoms with E-state index in [9.17, 15) is 4.57 Å². The molecule has 0 aromatic rings. The van der Waals surface area contributed by atoms with Crippen LogP contribution in [0, 0.1) is 0 Å². The van der Waals surface area contributed by atoms with Gasteiger partial charge in [-0.2, -0.15) is 0 Å². The first-order valence-corrected chi connectivity index (χ1v) is 8.58. The molecule has 2 N–H and O–H groups in total. The fraction of sp³-hybridized carbons (Fsp3) is 1.00. The maximum Gasteiger partial charge on any atom is 0.403 e. The minimum atomic E-state index is -4.12. The predicted molar refractivity (Wildman–Crippen MR) is 76.5 cm³/mol. The highest BCUT2D eigenvalue weighted by molar-refractivity contribution is 7.49. The minimum Gasteiger partial charge on any atom is -0.312 e. The summed E-state index contributed by atoms with van der Waals surface area (Å²) >= 11 is 0. The Morgan fingerprint density at radius 3 is 1.89 bits per heavy atom. The highest BCUT2D eigenvalue weighted by Gasteiger charge is 2.34. The second-order valence-corrected chi connectivity index (χ2v) is 7.35. The Balaban J connectivity index is 3.81. The molecule has 0 aliphatic carbocycles. The van der Waals surface area contributed by atoms with Crippen molar-refractivity contribution in [1.29, 1.82) is 0 Å². The molecule has 5 heteroatoms. The third kappa shape index (κ3) is 7.52. The Morgan fingerprint density at radius 1 is 1.00 bits per heavy atom. The summed E-state index contributed by atoms with van der Waals surface area (Å²) in [5.41, 5.74) is -0.442. The molecule has 0 saturated carbocycles. The van der Waals surface area contributed by atoms with E-state index >= 15 is 0 Å². The second kappa shape index (κ2) is 8.31. The summed E-state index contributed by atoms with van der Waals surface area (Å²) < 4.78 is 12.4. The van der Waals surface area contributed by atoms with E-state index in [1.807, 2.05) is 13.8 Å². The van der Waals surface area contributed by atoms with Gasteiger partial charge in [0.2, 0.25) is 0 Å². The number of nitrogens with zero attached hydrogens (tertiary/aromatic N) is 1. The normalized spacial score (nSPS) is 13.3. The van der Waals surface area contributed by atoms with E-state index in [1.165, 1.54) is 43.8 Å².